The summed E-state index contributed by atoms with van der Waals surface area (Å²) in [5.41, 5.74) is 4.66. The highest BCUT2D eigenvalue weighted by Gasteiger charge is 2.09. The summed E-state index contributed by atoms with van der Waals surface area (Å²) in [6.45, 7) is 2.19. The number of nitrogens with one attached hydrogen (secondary N) is 2. The summed E-state index contributed by atoms with van der Waals surface area (Å²) in [6, 6.07) is 0. The van der Waals surface area contributed by atoms with Crippen LogP contribution in [0.4, 0.5) is 11.5 Å². The maximum Gasteiger partial charge on any atom is 0.329 e. The number of aromatic amines is 1. The van der Waals surface area contributed by atoms with Crippen molar-refractivity contribution in [2.75, 3.05) is 29.1 Å². The minimum Gasteiger partial charge on any atom is -0.383 e. The highest BCUT2D eigenvalue weighted by Crippen LogP contribution is 2.07. The van der Waals surface area contributed by atoms with Gasteiger partial charge in [-0.15, -0.1) is 0 Å². The molecule has 1 aromatic rings. The molecule has 1 heterocycles. The Hall–Kier alpha value is -1.57. The molecular formula is C9H16N4O3S. The average molecular weight is 260 g/mol. The molecule has 0 aromatic carbocycles. The molecule has 1 aromatic heterocycles. The van der Waals surface area contributed by atoms with Crippen molar-refractivity contribution in [1.82, 2.24) is 9.55 Å². The van der Waals surface area contributed by atoms with Gasteiger partial charge in [0.05, 0.1) is 0 Å². The van der Waals surface area contributed by atoms with Crippen molar-refractivity contribution in [2.45, 2.75) is 6.92 Å². The SMILES string of the molecule is CCS(=O)CCNc1c(N)n(C)c(=O)[nH]c1=O. The zero-order valence-electron chi connectivity index (χ0n) is 9.78. The van der Waals surface area contributed by atoms with Crippen LogP contribution in [0.25, 0.3) is 0 Å². The largest absolute Gasteiger partial charge is 0.383 e. The first kappa shape index (κ1) is 13.5. The summed E-state index contributed by atoms with van der Waals surface area (Å²) >= 11 is 0. The van der Waals surface area contributed by atoms with Crippen LogP contribution in [-0.2, 0) is 17.8 Å². The van der Waals surface area contributed by atoms with Gasteiger partial charge in [-0.05, 0) is 0 Å². The fourth-order valence-electron chi connectivity index (χ4n) is 1.24. The van der Waals surface area contributed by atoms with E-state index in [9.17, 15) is 13.8 Å². The van der Waals surface area contributed by atoms with Crippen molar-refractivity contribution in [3.8, 4) is 0 Å². The van der Waals surface area contributed by atoms with Gasteiger partial charge in [-0.2, -0.15) is 0 Å². The molecule has 0 radical (unpaired) electrons. The van der Waals surface area contributed by atoms with Gasteiger partial charge in [0, 0.05) is 35.9 Å². The molecular weight excluding hydrogens is 244 g/mol. The number of H-pyrrole nitrogens is 1. The monoisotopic (exact) mass is 260 g/mol. The van der Waals surface area contributed by atoms with Gasteiger partial charge in [0.2, 0.25) is 0 Å². The number of rotatable bonds is 5. The van der Waals surface area contributed by atoms with E-state index in [-0.39, 0.29) is 11.5 Å². The van der Waals surface area contributed by atoms with Gasteiger partial charge in [0.25, 0.3) is 5.56 Å². The molecule has 0 spiro atoms. The van der Waals surface area contributed by atoms with Gasteiger partial charge in [0.15, 0.2) is 0 Å². The van der Waals surface area contributed by atoms with Crippen LogP contribution >= 0.6 is 0 Å². The molecule has 0 aliphatic carbocycles. The highest BCUT2D eigenvalue weighted by atomic mass is 32.2. The quantitative estimate of drug-likeness (QED) is 0.618. The van der Waals surface area contributed by atoms with Crippen LogP contribution in [0.2, 0.25) is 0 Å². The van der Waals surface area contributed by atoms with Gasteiger partial charge >= 0.3 is 5.69 Å². The predicted molar refractivity (Wildman–Crippen MR) is 68.8 cm³/mol. The lowest BCUT2D eigenvalue weighted by Crippen LogP contribution is -2.33. The molecule has 1 unspecified atom stereocenters. The minimum absolute atomic E-state index is 0.0704. The second kappa shape index (κ2) is 5.67. The van der Waals surface area contributed by atoms with Gasteiger partial charge < -0.3 is 11.1 Å². The van der Waals surface area contributed by atoms with Crippen molar-refractivity contribution >= 4 is 22.3 Å². The second-order valence-electron chi connectivity index (χ2n) is 3.44. The molecule has 0 aliphatic heterocycles. The van der Waals surface area contributed by atoms with Crippen LogP contribution < -0.4 is 22.3 Å². The molecule has 0 fully saturated rings. The zero-order chi connectivity index (χ0) is 13.0. The lowest BCUT2D eigenvalue weighted by atomic mass is 10.4. The summed E-state index contributed by atoms with van der Waals surface area (Å²) in [6.07, 6.45) is 0. The second-order valence-corrected chi connectivity index (χ2v) is 5.30. The summed E-state index contributed by atoms with van der Waals surface area (Å²) < 4.78 is 12.3. The van der Waals surface area contributed by atoms with Gasteiger partial charge in [-0.1, -0.05) is 6.92 Å². The molecule has 8 heteroatoms. The van der Waals surface area contributed by atoms with Gasteiger partial charge in [0.1, 0.15) is 11.5 Å². The van der Waals surface area contributed by atoms with Crippen LogP contribution in [0.3, 0.4) is 0 Å². The molecule has 96 valence electrons. The Kier molecular flexibility index (Phi) is 4.50. The van der Waals surface area contributed by atoms with Crippen LogP contribution in [0.1, 0.15) is 6.92 Å². The van der Waals surface area contributed by atoms with E-state index in [0.29, 0.717) is 18.1 Å². The zero-order valence-corrected chi connectivity index (χ0v) is 10.6. The van der Waals surface area contributed by atoms with E-state index in [1.165, 1.54) is 7.05 Å². The van der Waals surface area contributed by atoms with Crippen molar-refractivity contribution in [3.63, 3.8) is 0 Å². The van der Waals surface area contributed by atoms with Crippen molar-refractivity contribution in [3.05, 3.63) is 20.8 Å². The number of nitrogens with zero attached hydrogens (tertiary/aromatic N) is 1. The molecule has 0 amide bonds. The number of hydrogen-bond acceptors (Lipinski definition) is 5. The third-order valence-corrected chi connectivity index (χ3v) is 3.63. The summed E-state index contributed by atoms with van der Waals surface area (Å²) in [4.78, 5) is 24.8. The van der Waals surface area contributed by atoms with Gasteiger partial charge in [-0.3, -0.25) is 18.6 Å². The number of nitrogens with two attached hydrogens (primary N) is 1. The third-order valence-electron chi connectivity index (χ3n) is 2.32. The number of anilines is 2. The van der Waals surface area contributed by atoms with Crippen LogP contribution in [-0.4, -0.2) is 31.8 Å². The van der Waals surface area contributed by atoms with E-state index in [0.717, 1.165) is 4.57 Å². The lowest BCUT2D eigenvalue weighted by Gasteiger charge is -2.10. The Balaban J connectivity index is 2.86. The summed E-state index contributed by atoms with van der Waals surface area (Å²) in [7, 11) is 0.554. The maximum atomic E-state index is 11.5. The average Bonchev–Trinajstić information content (AvgIpc) is 2.30. The highest BCUT2D eigenvalue weighted by molar-refractivity contribution is 7.84. The van der Waals surface area contributed by atoms with E-state index in [2.05, 4.69) is 10.3 Å². The smallest absolute Gasteiger partial charge is 0.329 e. The van der Waals surface area contributed by atoms with Crippen molar-refractivity contribution < 1.29 is 4.21 Å². The third kappa shape index (κ3) is 3.19. The van der Waals surface area contributed by atoms with E-state index in [1.54, 1.807) is 0 Å². The Bertz CT molecular complexity index is 534. The summed E-state index contributed by atoms with van der Waals surface area (Å²) in [5.74, 6) is 1.07. The van der Waals surface area contributed by atoms with E-state index >= 15 is 0 Å². The first-order valence-electron chi connectivity index (χ1n) is 5.15. The lowest BCUT2D eigenvalue weighted by molar-refractivity contribution is 0.684. The summed E-state index contributed by atoms with van der Waals surface area (Å²) in [5, 5.41) is 2.79. The van der Waals surface area contributed by atoms with Crippen LogP contribution in [0.15, 0.2) is 9.59 Å². The first-order chi connectivity index (χ1) is 7.97. The number of aromatic nitrogens is 2. The predicted octanol–water partition coefficient (Wildman–Crippen LogP) is -1.16. The normalized spacial score (nSPS) is 12.4. The van der Waals surface area contributed by atoms with Crippen LogP contribution in [0, 0.1) is 0 Å². The molecule has 7 nitrogen and oxygen atoms in total. The fraction of sp³-hybridized carbons (Fsp3) is 0.556. The molecule has 1 rings (SSSR count). The molecule has 0 saturated carbocycles. The number of nitrogen functional groups attached to an aromatic ring is 1. The first-order valence-corrected chi connectivity index (χ1v) is 6.63. The van der Waals surface area contributed by atoms with Crippen molar-refractivity contribution in [2.24, 2.45) is 7.05 Å². The Morgan fingerprint density at radius 2 is 2.12 bits per heavy atom. The number of hydrogen-bond donors (Lipinski definition) is 3. The van der Waals surface area contributed by atoms with Crippen molar-refractivity contribution in [1.29, 1.82) is 0 Å². The molecule has 0 bridgehead atoms. The Labute approximate surface area is 100 Å². The molecule has 17 heavy (non-hydrogen) atoms. The van der Waals surface area contributed by atoms with E-state index in [1.807, 2.05) is 6.92 Å². The van der Waals surface area contributed by atoms with Crippen LogP contribution in [0.5, 0.6) is 0 Å². The van der Waals surface area contributed by atoms with E-state index in [4.69, 9.17) is 5.73 Å². The Morgan fingerprint density at radius 3 is 2.71 bits per heavy atom. The molecule has 0 saturated heterocycles. The molecule has 4 N–H and O–H groups in total. The minimum atomic E-state index is -0.908. The Morgan fingerprint density at radius 1 is 1.47 bits per heavy atom. The fourth-order valence-corrected chi connectivity index (χ4v) is 1.86. The topological polar surface area (TPSA) is 110 Å². The van der Waals surface area contributed by atoms with E-state index < -0.39 is 22.0 Å². The standard InChI is InChI=1S/C9H16N4O3S/c1-3-17(16)5-4-11-6-7(10)13(2)9(15)12-8(6)14/h11H,3-5,10H2,1-2H3,(H,12,14,15). The molecule has 1 atom stereocenters. The van der Waals surface area contributed by atoms with Gasteiger partial charge in [-0.25, -0.2) is 4.79 Å². The molecule has 0 aliphatic rings. The maximum absolute atomic E-state index is 11.5.